The van der Waals surface area contributed by atoms with Crippen LogP contribution in [0.4, 0.5) is 0 Å². The van der Waals surface area contributed by atoms with Crippen LogP contribution in [0.2, 0.25) is 0 Å². The van der Waals surface area contributed by atoms with Gasteiger partial charge in [-0.25, -0.2) is 9.59 Å². The average Bonchev–Trinajstić information content (AvgIpc) is 2.01. The van der Waals surface area contributed by atoms with Crippen LogP contribution in [0.3, 0.4) is 0 Å². The van der Waals surface area contributed by atoms with E-state index in [1.807, 2.05) is 0 Å². The van der Waals surface area contributed by atoms with Gasteiger partial charge >= 0.3 is 11.9 Å². The number of amides is 1. The van der Waals surface area contributed by atoms with E-state index in [2.05, 4.69) is 0 Å². The highest BCUT2D eigenvalue weighted by atomic mass is 16.4. The molecular formula is C7H11NO5. The highest BCUT2D eigenvalue weighted by Gasteiger charge is 2.32. The molecule has 0 aliphatic heterocycles. The molecule has 0 saturated heterocycles. The number of aliphatic carboxylic acids is 2. The topological polar surface area (TPSA) is 94.9 Å². The Balaban J connectivity index is 4.65. The molecule has 0 aliphatic rings. The monoisotopic (exact) mass is 189 g/mol. The van der Waals surface area contributed by atoms with Crippen molar-refractivity contribution in [2.24, 2.45) is 0 Å². The third-order valence-corrected chi connectivity index (χ3v) is 1.55. The van der Waals surface area contributed by atoms with Gasteiger partial charge in [0.05, 0.1) is 0 Å². The van der Waals surface area contributed by atoms with Gasteiger partial charge in [0.25, 0.3) is 0 Å². The first-order chi connectivity index (χ1) is 5.91. The minimum Gasteiger partial charge on any atom is -0.479 e. The number of carbonyl (C=O) groups is 3. The lowest BCUT2D eigenvalue weighted by atomic mass is 10.2. The SMILES string of the molecule is CCC(=O)N(C)C(C(=O)O)C(=O)O. The Morgan fingerprint density at radius 1 is 1.23 bits per heavy atom. The second kappa shape index (κ2) is 4.44. The molecule has 0 aromatic rings. The van der Waals surface area contributed by atoms with Crippen molar-refractivity contribution in [2.45, 2.75) is 19.4 Å². The summed E-state index contributed by atoms with van der Waals surface area (Å²) in [5, 5.41) is 17.0. The summed E-state index contributed by atoms with van der Waals surface area (Å²) in [7, 11) is 1.15. The summed E-state index contributed by atoms with van der Waals surface area (Å²) in [5.74, 6) is -3.61. The number of hydrogen-bond acceptors (Lipinski definition) is 3. The first-order valence-corrected chi connectivity index (χ1v) is 3.63. The molecule has 0 aliphatic carbocycles. The molecule has 0 rings (SSSR count). The normalized spacial score (nSPS) is 9.77. The Morgan fingerprint density at radius 3 is 1.85 bits per heavy atom. The Morgan fingerprint density at radius 2 is 1.62 bits per heavy atom. The molecule has 1 amide bonds. The smallest absolute Gasteiger partial charge is 0.338 e. The molecule has 13 heavy (non-hydrogen) atoms. The minimum absolute atomic E-state index is 0.0769. The van der Waals surface area contributed by atoms with Gasteiger partial charge in [-0.05, 0) is 0 Å². The Hall–Kier alpha value is -1.59. The molecule has 0 atom stereocenters. The van der Waals surface area contributed by atoms with Gasteiger partial charge in [-0.2, -0.15) is 0 Å². The summed E-state index contributed by atoms with van der Waals surface area (Å²) in [5.41, 5.74) is 0. The quantitative estimate of drug-likeness (QED) is 0.575. The summed E-state index contributed by atoms with van der Waals surface area (Å²) in [6.07, 6.45) is 0.0769. The second-order valence-corrected chi connectivity index (χ2v) is 2.44. The fraction of sp³-hybridized carbons (Fsp3) is 0.571. The predicted molar refractivity (Wildman–Crippen MR) is 42.1 cm³/mol. The second-order valence-electron chi connectivity index (χ2n) is 2.44. The van der Waals surface area contributed by atoms with Crippen LogP contribution >= 0.6 is 0 Å². The summed E-state index contributed by atoms with van der Waals surface area (Å²) in [6.45, 7) is 1.53. The molecular weight excluding hydrogens is 178 g/mol. The van der Waals surface area contributed by atoms with Gasteiger partial charge in [-0.15, -0.1) is 0 Å². The van der Waals surface area contributed by atoms with Crippen LogP contribution in [0.15, 0.2) is 0 Å². The van der Waals surface area contributed by atoms with Gasteiger partial charge in [0.15, 0.2) is 0 Å². The third-order valence-electron chi connectivity index (χ3n) is 1.55. The molecule has 2 N–H and O–H groups in total. The molecule has 0 bridgehead atoms. The van der Waals surface area contributed by atoms with E-state index >= 15 is 0 Å². The Bertz CT molecular complexity index is 223. The summed E-state index contributed by atoms with van der Waals surface area (Å²) in [6, 6.07) is -1.80. The Kier molecular flexibility index (Phi) is 3.90. The maximum Gasteiger partial charge on any atom is 0.338 e. The van der Waals surface area contributed by atoms with Crippen LogP contribution in [0, 0.1) is 0 Å². The highest BCUT2D eigenvalue weighted by Crippen LogP contribution is 2.00. The van der Waals surface area contributed by atoms with E-state index in [0.717, 1.165) is 7.05 Å². The standard InChI is InChI=1S/C7H11NO5/c1-3-4(9)8(2)5(6(10)11)7(12)13/h5H,3H2,1-2H3,(H,10,11)(H,12,13). The van der Waals surface area contributed by atoms with Gasteiger partial charge < -0.3 is 15.1 Å². The molecule has 74 valence electrons. The molecule has 0 spiro atoms. The summed E-state index contributed by atoms with van der Waals surface area (Å²) >= 11 is 0. The van der Waals surface area contributed by atoms with Crippen LogP contribution in [-0.4, -0.2) is 46.0 Å². The average molecular weight is 189 g/mol. The molecule has 0 aromatic carbocycles. The van der Waals surface area contributed by atoms with E-state index in [-0.39, 0.29) is 6.42 Å². The van der Waals surface area contributed by atoms with Gasteiger partial charge in [0, 0.05) is 13.5 Å². The number of rotatable bonds is 4. The van der Waals surface area contributed by atoms with Crippen molar-refractivity contribution < 1.29 is 24.6 Å². The fourth-order valence-electron chi connectivity index (χ4n) is 0.830. The molecule has 0 heterocycles. The first-order valence-electron chi connectivity index (χ1n) is 3.63. The molecule has 6 nitrogen and oxygen atoms in total. The van der Waals surface area contributed by atoms with Crippen molar-refractivity contribution >= 4 is 17.8 Å². The largest absolute Gasteiger partial charge is 0.479 e. The number of carboxylic acids is 2. The molecule has 0 fully saturated rings. The lowest BCUT2D eigenvalue weighted by Gasteiger charge is -2.20. The van der Waals surface area contributed by atoms with Crippen molar-refractivity contribution in [1.82, 2.24) is 4.90 Å². The molecule has 6 heteroatoms. The van der Waals surface area contributed by atoms with Crippen molar-refractivity contribution in [3.63, 3.8) is 0 Å². The van der Waals surface area contributed by atoms with Crippen LogP contribution in [0.1, 0.15) is 13.3 Å². The number of nitrogens with zero attached hydrogens (tertiary/aromatic N) is 1. The van der Waals surface area contributed by atoms with E-state index in [9.17, 15) is 14.4 Å². The molecule has 0 radical (unpaired) electrons. The zero-order valence-corrected chi connectivity index (χ0v) is 7.35. The van der Waals surface area contributed by atoms with Crippen molar-refractivity contribution in [1.29, 1.82) is 0 Å². The maximum atomic E-state index is 11.0. The number of hydrogen-bond donors (Lipinski definition) is 2. The third kappa shape index (κ3) is 2.73. The molecule has 0 aromatic heterocycles. The Labute approximate surface area is 74.8 Å². The van der Waals surface area contributed by atoms with Crippen LogP contribution in [-0.2, 0) is 14.4 Å². The molecule has 0 saturated carbocycles. The first kappa shape index (κ1) is 11.4. The maximum absolute atomic E-state index is 11.0. The summed E-state index contributed by atoms with van der Waals surface area (Å²) in [4.78, 5) is 32.5. The predicted octanol–water partition coefficient (Wildman–Crippen LogP) is -0.607. The van der Waals surface area contributed by atoms with Gasteiger partial charge in [0.1, 0.15) is 0 Å². The summed E-state index contributed by atoms with van der Waals surface area (Å²) < 4.78 is 0. The van der Waals surface area contributed by atoms with Gasteiger partial charge in [-0.3, -0.25) is 4.79 Å². The minimum atomic E-state index is -1.80. The van der Waals surface area contributed by atoms with Gasteiger partial charge in [-0.1, -0.05) is 6.92 Å². The lowest BCUT2D eigenvalue weighted by Crippen LogP contribution is -2.47. The van der Waals surface area contributed by atoms with E-state index in [1.54, 1.807) is 0 Å². The van der Waals surface area contributed by atoms with E-state index < -0.39 is 23.9 Å². The fourth-order valence-corrected chi connectivity index (χ4v) is 0.830. The number of carbonyl (C=O) groups excluding carboxylic acids is 1. The lowest BCUT2D eigenvalue weighted by molar-refractivity contribution is -0.160. The van der Waals surface area contributed by atoms with Crippen molar-refractivity contribution in [3.05, 3.63) is 0 Å². The zero-order chi connectivity index (χ0) is 10.6. The van der Waals surface area contributed by atoms with Crippen LogP contribution in [0.5, 0.6) is 0 Å². The van der Waals surface area contributed by atoms with E-state index in [0.29, 0.717) is 4.90 Å². The van der Waals surface area contributed by atoms with E-state index in [1.165, 1.54) is 6.92 Å². The van der Waals surface area contributed by atoms with Crippen LogP contribution < -0.4 is 0 Å². The van der Waals surface area contributed by atoms with Gasteiger partial charge in [0.2, 0.25) is 11.9 Å². The van der Waals surface area contributed by atoms with Crippen LogP contribution in [0.25, 0.3) is 0 Å². The highest BCUT2D eigenvalue weighted by molar-refractivity contribution is 6.00. The number of carboxylic acid groups (broad SMARTS) is 2. The zero-order valence-electron chi connectivity index (χ0n) is 7.35. The van der Waals surface area contributed by atoms with E-state index in [4.69, 9.17) is 10.2 Å². The number of likely N-dealkylation sites (N-methyl/N-ethyl adjacent to an activating group) is 1. The molecule has 0 unspecified atom stereocenters. The van der Waals surface area contributed by atoms with Crippen molar-refractivity contribution in [3.8, 4) is 0 Å². The van der Waals surface area contributed by atoms with Crippen molar-refractivity contribution in [2.75, 3.05) is 7.05 Å².